The van der Waals surface area contributed by atoms with Crippen LogP contribution in [-0.4, -0.2) is 34.1 Å². The predicted octanol–water partition coefficient (Wildman–Crippen LogP) is 4.29. The summed E-state index contributed by atoms with van der Waals surface area (Å²) >= 11 is 1.81. The minimum Gasteiger partial charge on any atom is -0.339 e. The zero-order valence-electron chi connectivity index (χ0n) is 14.6. The Hall–Kier alpha value is -1.75. The maximum Gasteiger partial charge on any atom is 0.253 e. The molecule has 0 bridgehead atoms. The number of likely N-dealkylation sites (tertiary alicyclic amines) is 1. The molecule has 1 aromatic carbocycles. The molecule has 0 atom stereocenters. The molecule has 132 valence electrons. The SMILES string of the molecule is O=C(c1ccccc1)N1CCC(c2nnc(CC3CCCC3)s2)CC1. The molecule has 5 heteroatoms. The number of hydrogen-bond acceptors (Lipinski definition) is 4. The van der Waals surface area contributed by atoms with Gasteiger partial charge < -0.3 is 4.90 Å². The second kappa shape index (κ2) is 7.65. The number of carbonyl (C=O) groups is 1. The fourth-order valence-electron chi connectivity index (χ4n) is 4.07. The van der Waals surface area contributed by atoms with Gasteiger partial charge in [0.15, 0.2) is 0 Å². The van der Waals surface area contributed by atoms with Crippen molar-refractivity contribution in [1.29, 1.82) is 0 Å². The summed E-state index contributed by atoms with van der Waals surface area (Å²) in [6.07, 6.45) is 8.58. The molecule has 25 heavy (non-hydrogen) atoms. The monoisotopic (exact) mass is 355 g/mol. The van der Waals surface area contributed by atoms with Crippen molar-refractivity contribution in [2.45, 2.75) is 50.9 Å². The quantitative estimate of drug-likeness (QED) is 0.822. The van der Waals surface area contributed by atoms with Gasteiger partial charge >= 0.3 is 0 Å². The van der Waals surface area contributed by atoms with Crippen LogP contribution < -0.4 is 0 Å². The van der Waals surface area contributed by atoms with E-state index in [2.05, 4.69) is 10.2 Å². The number of rotatable bonds is 4. The third-order valence-corrected chi connectivity index (χ3v) is 6.68. The summed E-state index contributed by atoms with van der Waals surface area (Å²) in [5.74, 6) is 1.44. The zero-order chi connectivity index (χ0) is 17.1. The van der Waals surface area contributed by atoms with E-state index in [9.17, 15) is 4.79 Å². The Morgan fingerprint density at radius 1 is 1.04 bits per heavy atom. The molecule has 0 spiro atoms. The smallest absolute Gasteiger partial charge is 0.253 e. The lowest BCUT2D eigenvalue weighted by atomic mass is 9.97. The molecule has 0 unspecified atom stereocenters. The van der Waals surface area contributed by atoms with Crippen LogP contribution in [0.1, 0.15) is 64.8 Å². The summed E-state index contributed by atoms with van der Waals surface area (Å²) in [5.41, 5.74) is 0.788. The van der Waals surface area contributed by atoms with Crippen molar-refractivity contribution in [1.82, 2.24) is 15.1 Å². The number of carbonyl (C=O) groups excluding carboxylic acids is 1. The van der Waals surface area contributed by atoms with E-state index in [1.165, 1.54) is 35.7 Å². The third kappa shape index (κ3) is 3.92. The highest BCUT2D eigenvalue weighted by atomic mass is 32.1. The summed E-state index contributed by atoms with van der Waals surface area (Å²) in [4.78, 5) is 14.5. The highest BCUT2D eigenvalue weighted by Crippen LogP contribution is 2.33. The minimum atomic E-state index is 0.151. The van der Waals surface area contributed by atoms with Crippen LogP contribution in [0.4, 0.5) is 0 Å². The molecule has 1 aromatic heterocycles. The average molecular weight is 356 g/mol. The van der Waals surface area contributed by atoms with Gasteiger partial charge in [-0.2, -0.15) is 0 Å². The molecule has 4 nitrogen and oxygen atoms in total. The van der Waals surface area contributed by atoms with Crippen LogP contribution in [-0.2, 0) is 6.42 Å². The van der Waals surface area contributed by atoms with E-state index in [4.69, 9.17) is 0 Å². The van der Waals surface area contributed by atoms with Gasteiger partial charge in [-0.25, -0.2) is 0 Å². The Kier molecular flexibility index (Phi) is 5.11. The third-order valence-electron chi connectivity index (χ3n) is 5.57. The van der Waals surface area contributed by atoms with Crippen molar-refractivity contribution in [3.8, 4) is 0 Å². The van der Waals surface area contributed by atoms with Crippen molar-refractivity contribution < 1.29 is 4.79 Å². The van der Waals surface area contributed by atoms with Crippen molar-refractivity contribution in [3.63, 3.8) is 0 Å². The molecule has 1 aliphatic carbocycles. The first-order valence-corrected chi connectivity index (χ1v) is 10.3. The molecule has 2 aromatic rings. The van der Waals surface area contributed by atoms with E-state index in [-0.39, 0.29) is 5.91 Å². The first-order valence-electron chi connectivity index (χ1n) is 9.46. The molecule has 1 aliphatic heterocycles. The van der Waals surface area contributed by atoms with Crippen LogP contribution in [0.2, 0.25) is 0 Å². The summed E-state index contributed by atoms with van der Waals surface area (Å²) in [5, 5.41) is 11.3. The first-order chi connectivity index (χ1) is 12.3. The summed E-state index contributed by atoms with van der Waals surface area (Å²) < 4.78 is 0. The Bertz CT molecular complexity index is 701. The summed E-state index contributed by atoms with van der Waals surface area (Å²) in [7, 11) is 0. The second-order valence-corrected chi connectivity index (χ2v) is 8.41. The topological polar surface area (TPSA) is 46.1 Å². The Labute approximate surface area is 153 Å². The lowest BCUT2D eigenvalue weighted by Gasteiger charge is -2.31. The molecule has 4 rings (SSSR count). The van der Waals surface area contributed by atoms with Crippen LogP contribution in [0.25, 0.3) is 0 Å². The van der Waals surface area contributed by atoms with E-state index in [1.807, 2.05) is 35.2 Å². The highest BCUT2D eigenvalue weighted by Gasteiger charge is 2.27. The molecule has 1 saturated heterocycles. The van der Waals surface area contributed by atoms with Crippen molar-refractivity contribution in [3.05, 3.63) is 45.9 Å². The van der Waals surface area contributed by atoms with Crippen LogP contribution in [0.3, 0.4) is 0 Å². The molecule has 2 fully saturated rings. The summed E-state index contributed by atoms with van der Waals surface area (Å²) in [6.45, 7) is 1.63. The number of benzene rings is 1. The fraction of sp³-hybridized carbons (Fsp3) is 0.550. The van der Waals surface area contributed by atoms with Gasteiger partial charge in [0.1, 0.15) is 10.0 Å². The van der Waals surface area contributed by atoms with Gasteiger partial charge in [-0.05, 0) is 30.9 Å². The lowest BCUT2D eigenvalue weighted by Crippen LogP contribution is -2.37. The number of piperidine rings is 1. The van der Waals surface area contributed by atoms with E-state index in [1.54, 1.807) is 11.3 Å². The first kappa shape index (κ1) is 16.7. The molecular formula is C20H25N3OS. The number of nitrogens with zero attached hydrogens (tertiary/aromatic N) is 3. The Morgan fingerprint density at radius 3 is 2.48 bits per heavy atom. The number of amides is 1. The largest absolute Gasteiger partial charge is 0.339 e. The maximum absolute atomic E-state index is 12.5. The predicted molar refractivity (Wildman–Crippen MR) is 99.9 cm³/mol. The molecule has 1 amide bonds. The molecule has 2 heterocycles. The summed E-state index contributed by atoms with van der Waals surface area (Å²) in [6, 6.07) is 9.59. The van der Waals surface area contributed by atoms with E-state index >= 15 is 0 Å². The van der Waals surface area contributed by atoms with Crippen LogP contribution in [0, 0.1) is 5.92 Å². The molecule has 0 N–H and O–H groups in total. The van der Waals surface area contributed by atoms with Gasteiger partial charge in [0, 0.05) is 31.0 Å². The number of hydrogen-bond donors (Lipinski definition) is 0. The van der Waals surface area contributed by atoms with E-state index in [0.29, 0.717) is 5.92 Å². The van der Waals surface area contributed by atoms with Crippen molar-refractivity contribution in [2.75, 3.05) is 13.1 Å². The zero-order valence-corrected chi connectivity index (χ0v) is 15.4. The average Bonchev–Trinajstić information content (AvgIpc) is 3.35. The van der Waals surface area contributed by atoms with Gasteiger partial charge in [0.05, 0.1) is 0 Å². The van der Waals surface area contributed by atoms with Gasteiger partial charge in [0.2, 0.25) is 0 Å². The van der Waals surface area contributed by atoms with E-state index in [0.717, 1.165) is 43.8 Å². The minimum absolute atomic E-state index is 0.151. The van der Waals surface area contributed by atoms with Gasteiger partial charge in [-0.1, -0.05) is 43.9 Å². The maximum atomic E-state index is 12.5. The van der Waals surface area contributed by atoms with Crippen molar-refractivity contribution >= 4 is 17.2 Å². The van der Waals surface area contributed by atoms with Crippen LogP contribution in [0.15, 0.2) is 30.3 Å². The lowest BCUT2D eigenvalue weighted by molar-refractivity contribution is 0.0713. The molecule has 0 radical (unpaired) electrons. The van der Waals surface area contributed by atoms with Crippen molar-refractivity contribution in [2.24, 2.45) is 5.92 Å². The highest BCUT2D eigenvalue weighted by molar-refractivity contribution is 7.11. The fourth-order valence-corrected chi connectivity index (χ4v) is 5.19. The Balaban J connectivity index is 1.32. The molecular weight excluding hydrogens is 330 g/mol. The molecule has 2 aliphatic rings. The normalized spacial score (nSPS) is 19.4. The number of aromatic nitrogens is 2. The van der Waals surface area contributed by atoms with E-state index < -0.39 is 0 Å². The second-order valence-electron chi connectivity index (χ2n) is 7.32. The van der Waals surface area contributed by atoms with Gasteiger partial charge in [0.25, 0.3) is 5.91 Å². The molecule has 1 saturated carbocycles. The van der Waals surface area contributed by atoms with Crippen LogP contribution in [0.5, 0.6) is 0 Å². The van der Waals surface area contributed by atoms with Crippen LogP contribution >= 0.6 is 11.3 Å². The standard InChI is InChI=1S/C20H25N3OS/c24-20(17-8-2-1-3-9-17)23-12-10-16(11-13-23)19-22-21-18(25-19)14-15-6-4-5-7-15/h1-3,8-9,15-16H,4-7,10-14H2. The van der Waals surface area contributed by atoms with Gasteiger partial charge in [-0.15, -0.1) is 21.5 Å². The Morgan fingerprint density at radius 2 is 1.76 bits per heavy atom. The van der Waals surface area contributed by atoms with Gasteiger partial charge in [-0.3, -0.25) is 4.79 Å².